The maximum Gasteiger partial charge on any atom is 0.692 e. The number of rotatable bonds is 2. The molecule has 0 fully saturated rings. The first-order valence-electron chi connectivity index (χ1n) is 3.73. The van der Waals surface area contributed by atoms with Crippen molar-refractivity contribution >= 4 is 20.9 Å². The molecule has 0 aliphatic rings. The molecule has 0 aliphatic carbocycles. The monoisotopic (exact) mass is 253 g/mol. The van der Waals surface area contributed by atoms with Crippen molar-refractivity contribution < 1.29 is 28.9 Å². The van der Waals surface area contributed by atoms with Gasteiger partial charge in [0.15, 0.2) is 0 Å². The van der Waals surface area contributed by atoms with E-state index in [4.69, 9.17) is 24.4 Å². The average Bonchev–Trinajstić information content (AvgIpc) is 2.18. The first-order chi connectivity index (χ1) is 6.90. The lowest BCUT2D eigenvalue weighted by atomic mass is 10.4. The van der Waals surface area contributed by atoms with Gasteiger partial charge in [-0.05, 0) is 12.1 Å². The highest BCUT2D eigenvalue weighted by Crippen LogP contribution is 2.36. The number of aliphatic hydroxyl groups excluding tert-OH is 1. The van der Waals surface area contributed by atoms with Gasteiger partial charge in [-0.1, -0.05) is 18.2 Å². The van der Waals surface area contributed by atoms with Gasteiger partial charge >= 0.3 is 8.25 Å². The van der Waals surface area contributed by atoms with Crippen molar-refractivity contribution in [2.75, 3.05) is 6.35 Å². The van der Waals surface area contributed by atoms with E-state index in [-0.39, 0.29) is 0 Å². The Labute approximate surface area is 87.2 Å². The Morgan fingerprint density at radius 1 is 1.20 bits per heavy atom. The summed E-state index contributed by atoms with van der Waals surface area (Å²) in [6.45, 7) is 0. The van der Waals surface area contributed by atoms with Crippen molar-refractivity contribution in [1.29, 1.82) is 0 Å². The molecule has 1 aromatic rings. The van der Waals surface area contributed by atoms with E-state index in [1.807, 2.05) is 0 Å². The van der Waals surface area contributed by atoms with E-state index in [2.05, 4.69) is 0 Å². The predicted octanol–water partition coefficient (Wildman–Crippen LogP) is 0.160. The Bertz CT molecular complexity index is 348. The fourth-order valence-corrected chi connectivity index (χ4v) is 1.54. The van der Waals surface area contributed by atoms with E-state index in [0.29, 0.717) is 5.30 Å². The van der Waals surface area contributed by atoms with Gasteiger partial charge in [0.25, 0.3) is 7.37 Å². The third kappa shape index (κ3) is 6.47. The van der Waals surface area contributed by atoms with Gasteiger partial charge in [-0.3, -0.25) is 4.57 Å². The van der Waals surface area contributed by atoms with E-state index in [0.717, 1.165) is 0 Å². The Morgan fingerprint density at radius 2 is 1.60 bits per heavy atom. The van der Waals surface area contributed by atoms with Crippen LogP contribution in [0.25, 0.3) is 0 Å². The molecule has 0 radical (unpaired) electrons. The number of aliphatic hydroxyl groups is 1. The topological polar surface area (TPSA) is 115 Å². The third-order valence-electron chi connectivity index (χ3n) is 1.35. The predicted molar refractivity (Wildman–Crippen MR) is 55.0 cm³/mol. The summed E-state index contributed by atoms with van der Waals surface area (Å²) in [5, 5.41) is 8.83. The van der Waals surface area contributed by atoms with Crippen LogP contribution in [0.5, 0.6) is 0 Å². The molecule has 0 spiro atoms. The second-order valence-corrected chi connectivity index (χ2v) is 5.14. The van der Waals surface area contributed by atoms with Crippen LogP contribution in [0.3, 0.4) is 0 Å². The fourth-order valence-electron chi connectivity index (χ4n) is 0.743. The summed E-state index contributed by atoms with van der Waals surface area (Å²) in [7, 11) is -6.34. The smallest absolute Gasteiger partial charge is 0.386 e. The molecule has 0 aliphatic heterocycles. The van der Waals surface area contributed by atoms with Crippen molar-refractivity contribution in [3.05, 3.63) is 30.3 Å². The van der Waals surface area contributed by atoms with Gasteiger partial charge in [-0.25, -0.2) is 0 Å². The van der Waals surface area contributed by atoms with Crippen molar-refractivity contribution in [2.24, 2.45) is 0 Å². The highest BCUT2D eigenvalue weighted by molar-refractivity contribution is 7.65. The fraction of sp³-hybridized carbons (Fsp3) is 0.143. The summed E-state index contributed by atoms with van der Waals surface area (Å²) >= 11 is 0. The lowest BCUT2D eigenvalue weighted by Crippen LogP contribution is -2.05. The Kier molecular flexibility index (Phi) is 6.52. The minimum Gasteiger partial charge on any atom is -0.386 e. The van der Waals surface area contributed by atoms with Crippen LogP contribution in [0.2, 0.25) is 0 Å². The molecule has 4 N–H and O–H groups in total. The number of hydrogen-bond donors (Lipinski definition) is 4. The first-order valence-corrected chi connectivity index (χ1v) is 6.74. The van der Waals surface area contributed by atoms with Gasteiger partial charge in [0, 0.05) is 9.87 Å². The molecule has 1 aromatic carbocycles. The van der Waals surface area contributed by atoms with Crippen LogP contribution in [0.4, 0.5) is 0 Å². The van der Waals surface area contributed by atoms with Gasteiger partial charge in [0.2, 0.25) is 0 Å². The number of hydrogen-bond acceptors (Lipinski definition) is 3. The molecule has 0 aromatic heterocycles. The van der Waals surface area contributed by atoms with Gasteiger partial charge in [0.05, 0.1) is 0 Å². The zero-order valence-electron chi connectivity index (χ0n) is 7.59. The van der Waals surface area contributed by atoms with Crippen LogP contribution in [0.1, 0.15) is 0 Å². The Balaban J connectivity index is 0.000000423. The molecule has 1 unspecified atom stereocenters. The molecule has 0 amide bonds. The van der Waals surface area contributed by atoms with E-state index >= 15 is 0 Å². The quantitative estimate of drug-likeness (QED) is 0.558. The highest BCUT2D eigenvalue weighted by atomic mass is 31.2. The molecule has 0 saturated carbocycles. The van der Waals surface area contributed by atoms with Crippen molar-refractivity contribution in [2.45, 2.75) is 0 Å². The second-order valence-electron chi connectivity index (χ2n) is 2.43. The average molecular weight is 253 g/mol. The SMILES string of the molecule is O=P(O)(CO)c1ccccc1.O=[P+](O)O. The molecule has 6 nitrogen and oxygen atoms in total. The largest absolute Gasteiger partial charge is 0.692 e. The van der Waals surface area contributed by atoms with Crippen molar-refractivity contribution in [1.82, 2.24) is 0 Å². The maximum absolute atomic E-state index is 11.1. The molecule has 0 heterocycles. The van der Waals surface area contributed by atoms with Crippen molar-refractivity contribution in [3.8, 4) is 0 Å². The van der Waals surface area contributed by atoms with Crippen LogP contribution in [0, 0.1) is 0 Å². The molecular weight excluding hydrogens is 242 g/mol. The third-order valence-corrected chi connectivity index (χ3v) is 2.84. The zero-order chi connectivity index (χ0) is 11.9. The van der Waals surface area contributed by atoms with Crippen LogP contribution in [-0.2, 0) is 9.13 Å². The number of benzene rings is 1. The molecule has 84 valence electrons. The minimum absolute atomic E-state index is 0.294. The highest BCUT2D eigenvalue weighted by Gasteiger charge is 2.18. The van der Waals surface area contributed by atoms with E-state index < -0.39 is 22.0 Å². The summed E-state index contributed by atoms with van der Waals surface area (Å²) < 4.78 is 19.8. The first kappa shape index (κ1) is 14.4. The molecular formula is C7H11O6P2+. The summed E-state index contributed by atoms with van der Waals surface area (Å²) in [5.74, 6) is 0. The summed E-state index contributed by atoms with van der Waals surface area (Å²) in [4.78, 5) is 23.3. The van der Waals surface area contributed by atoms with Crippen LogP contribution in [-0.4, -0.2) is 26.1 Å². The molecule has 8 heteroatoms. The zero-order valence-corrected chi connectivity index (χ0v) is 9.38. The second kappa shape index (κ2) is 6.80. The minimum atomic E-state index is -3.47. The van der Waals surface area contributed by atoms with E-state index in [1.165, 1.54) is 12.1 Å². The molecule has 1 atom stereocenters. The Hall–Kier alpha value is -0.610. The normalized spacial score (nSPS) is 13.3. The Morgan fingerprint density at radius 3 is 1.93 bits per heavy atom. The van der Waals surface area contributed by atoms with Crippen LogP contribution in [0.15, 0.2) is 30.3 Å². The van der Waals surface area contributed by atoms with Crippen LogP contribution >= 0.6 is 15.6 Å². The maximum atomic E-state index is 11.1. The molecule has 0 bridgehead atoms. The van der Waals surface area contributed by atoms with Gasteiger partial charge in [-0.15, -0.1) is 9.79 Å². The molecule has 15 heavy (non-hydrogen) atoms. The summed E-state index contributed by atoms with van der Waals surface area (Å²) in [6, 6.07) is 8.12. The molecule has 1 rings (SSSR count). The van der Waals surface area contributed by atoms with Gasteiger partial charge < -0.3 is 10.00 Å². The van der Waals surface area contributed by atoms with E-state index in [1.54, 1.807) is 18.2 Å². The molecule has 0 saturated heterocycles. The summed E-state index contributed by atoms with van der Waals surface area (Å²) in [5.41, 5.74) is 0. The van der Waals surface area contributed by atoms with Crippen molar-refractivity contribution in [3.63, 3.8) is 0 Å². The van der Waals surface area contributed by atoms with E-state index in [9.17, 15) is 4.57 Å². The standard InChI is InChI=1S/C7H9O3P.HO3P/c8-6-11(9,10)7-4-2-1-3-5-7;1-4(2)3/h1-5,8H,6H2,(H,9,10);(H-,1,2,3)/p+1. The lowest BCUT2D eigenvalue weighted by molar-refractivity contribution is 0.337. The summed E-state index contributed by atoms with van der Waals surface area (Å²) in [6.07, 6.45) is -0.697. The van der Waals surface area contributed by atoms with Gasteiger partial charge in [-0.2, -0.15) is 0 Å². The lowest BCUT2D eigenvalue weighted by Gasteiger charge is -2.06. The van der Waals surface area contributed by atoms with Gasteiger partial charge in [0.1, 0.15) is 6.35 Å². The van der Waals surface area contributed by atoms with Crippen LogP contribution < -0.4 is 5.30 Å².